The van der Waals surface area contributed by atoms with Gasteiger partial charge in [-0.2, -0.15) is 0 Å². The van der Waals surface area contributed by atoms with E-state index in [4.69, 9.17) is 4.74 Å². The SMILES string of the molecule is CCCC(C)NC(=O)C(c1ccc(CC)cc1)N(CC)C(=O)C(Cc1ccc(O)cc1)NC(=O)OC(C)(C)C. The van der Waals surface area contributed by atoms with Gasteiger partial charge in [0.05, 0.1) is 0 Å². The number of carbonyl (C=O) groups excluding carboxylic acids is 3. The summed E-state index contributed by atoms with van der Waals surface area (Å²) in [5.74, 6) is -0.569. The lowest BCUT2D eigenvalue weighted by atomic mass is 9.98. The van der Waals surface area contributed by atoms with Gasteiger partial charge in [0.2, 0.25) is 11.8 Å². The van der Waals surface area contributed by atoms with Crippen molar-refractivity contribution in [3.05, 3.63) is 65.2 Å². The third-order valence-corrected chi connectivity index (χ3v) is 6.36. The Hall–Kier alpha value is -3.55. The summed E-state index contributed by atoms with van der Waals surface area (Å²) in [5.41, 5.74) is 1.82. The number of aromatic hydroxyl groups is 1. The summed E-state index contributed by atoms with van der Waals surface area (Å²) in [6.07, 6.45) is 2.03. The number of phenols is 1. The molecule has 0 aliphatic heterocycles. The van der Waals surface area contributed by atoms with Crippen molar-refractivity contribution in [2.24, 2.45) is 0 Å². The highest BCUT2D eigenvalue weighted by Crippen LogP contribution is 2.25. The van der Waals surface area contributed by atoms with E-state index < -0.39 is 29.7 Å². The lowest BCUT2D eigenvalue weighted by Gasteiger charge is -2.34. The van der Waals surface area contributed by atoms with E-state index >= 15 is 0 Å². The van der Waals surface area contributed by atoms with Crippen LogP contribution in [0.2, 0.25) is 0 Å². The quantitative estimate of drug-likeness (QED) is 0.340. The van der Waals surface area contributed by atoms with Crippen molar-refractivity contribution in [1.82, 2.24) is 15.5 Å². The molecule has 0 heterocycles. The third-order valence-electron chi connectivity index (χ3n) is 6.36. The van der Waals surface area contributed by atoms with Crippen LogP contribution in [0.15, 0.2) is 48.5 Å². The lowest BCUT2D eigenvalue weighted by Crippen LogP contribution is -2.54. The van der Waals surface area contributed by atoms with E-state index in [1.807, 2.05) is 38.1 Å². The topological polar surface area (TPSA) is 108 Å². The maximum Gasteiger partial charge on any atom is 0.408 e. The fourth-order valence-electron chi connectivity index (χ4n) is 4.42. The summed E-state index contributed by atoms with van der Waals surface area (Å²) >= 11 is 0. The van der Waals surface area contributed by atoms with Crippen molar-refractivity contribution >= 4 is 17.9 Å². The van der Waals surface area contributed by atoms with Crippen molar-refractivity contribution < 1.29 is 24.2 Å². The van der Waals surface area contributed by atoms with E-state index in [0.717, 1.165) is 30.4 Å². The number of nitrogens with zero attached hydrogens (tertiary/aromatic N) is 1. The van der Waals surface area contributed by atoms with Gasteiger partial charge < -0.3 is 25.4 Å². The highest BCUT2D eigenvalue weighted by molar-refractivity contribution is 5.92. The predicted molar refractivity (Wildman–Crippen MR) is 153 cm³/mol. The highest BCUT2D eigenvalue weighted by atomic mass is 16.6. The van der Waals surface area contributed by atoms with Gasteiger partial charge in [0.15, 0.2) is 0 Å². The van der Waals surface area contributed by atoms with E-state index in [-0.39, 0.29) is 30.7 Å². The minimum absolute atomic E-state index is 0.0543. The normalized spacial score (nSPS) is 13.6. The van der Waals surface area contributed by atoms with Crippen molar-refractivity contribution in [2.75, 3.05) is 6.54 Å². The molecule has 3 N–H and O–H groups in total. The molecule has 3 unspecified atom stereocenters. The second-order valence-electron chi connectivity index (χ2n) is 10.9. The van der Waals surface area contributed by atoms with Crippen molar-refractivity contribution in [3.8, 4) is 5.75 Å². The lowest BCUT2D eigenvalue weighted by molar-refractivity contribution is -0.142. The number of carbonyl (C=O) groups is 3. The van der Waals surface area contributed by atoms with Crippen LogP contribution >= 0.6 is 0 Å². The summed E-state index contributed by atoms with van der Waals surface area (Å²) in [4.78, 5) is 42.1. The number of ether oxygens (including phenoxy) is 1. The number of hydrogen-bond acceptors (Lipinski definition) is 5. The van der Waals surface area contributed by atoms with E-state index in [0.29, 0.717) is 5.56 Å². The zero-order valence-electron chi connectivity index (χ0n) is 24.4. The Morgan fingerprint density at radius 1 is 0.923 bits per heavy atom. The zero-order chi connectivity index (χ0) is 29.2. The first kappa shape index (κ1) is 31.7. The molecule has 3 atom stereocenters. The Bertz CT molecular complexity index is 1080. The van der Waals surface area contributed by atoms with Crippen LogP contribution in [0, 0.1) is 0 Å². The zero-order valence-corrected chi connectivity index (χ0v) is 24.4. The van der Waals surface area contributed by atoms with Gasteiger partial charge in [0, 0.05) is 19.0 Å². The molecule has 8 nitrogen and oxygen atoms in total. The molecule has 0 bridgehead atoms. The number of amides is 3. The molecule has 39 heavy (non-hydrogen) atoms. The van der Waals surface area contributed by atoms with Crippen LogP contribution in [0.25, 0.3) is 0 Å². The average Bonchev–Trinajstić information content (AvgIpc) is 2.86. The molecule has 0 saturated carbocycles. The Kier molecular flexibility index (Phi) is 11.8. The maximum atomic E-state index is 14.1. The number of aryl methyl sites for hydroxylation is 1. The Morgan fingerprint density at radius 3 is 2.03 bits per heavy atom. The molecule has 0 aliphatic rings. The molecule has 8 heteroatoms. The molecular weight excluding hydrogens is 494 g/mol. The van der Waals surface area contributed by atoms with E-state index in [2.05, 4.69) is 24.5 Å². The first-order valence-corrected chi connectivity index (χ1v) is 13.9. The van der Waals surface area contributed by atoms with Gasteiger partial charge in [-0.05, 0) is 76.3 Å². The first-order chi connectivity index (χ1) is 18.4. The fourth-order valence-corrected chi connectivity index (χ4v) is 4.42. The van der Waals surface area contributed by atoms with Crippen LogP contribution in [0.5, 0.6) is 5.75 Å². The number of phenolic OH excluding ortho intramolecular Hbond substituents is 1. The first-order valence-electron chi connectivity index (χ1n) is 13.9. The van der Waals surface area contributed by atoms with E-state index in [1.54, 1.807) is 32.9 Å². The minimum Gasteiger partial charge on any atom is -0.508 e. The van der Waals surface area contributed by atoms with Crippen LogP contribution in [0.4, 0.5) is 4.79 Å². The van der Waals surface area contributed by atoms with E-state index in [1.165, 1.54) is 17.0 Å². The molecule has 214 valence electrons. The summed E-state index contributed by atoms with van der Waals surface area (Å²) in [7, 11) is 0. The van der Waals surface area contributed by atoms with Crippen LogP contribution in [-0.4, -0.2) is 52.1 Å². The van der Waals surface area contributed by atoms with Crippen LogP contribution in [0.3, 0.4) is 0 Å². The average molecular weight is 540 g/mol. The van der Waals surface area contributed by atoms with E-state index in [9.17, 15) is 19.5 Å². The maximum absolute atomic E-state index is 14.1. The molecule has 0 fully saturated rings. The number of rotatable bonds is 12. The fraction of sp³-hybridized carbons (Fsp3) is 0.516. The van der Waals surface area contributed by atoms with Gasteiger partial charge in [0.25, 0.3) is 0 Å². The van der Waals surface area contributed by atoms with Crippen LogP contribution in [0.1, 0.15) is 84.0 Å². The van der Waals surface area contributed by atoms with Gasteiger partial charge in [0.1, 0.15) is 23.4 Å². The number of hydrogen-bond donors (Lipinski definition) is 3. The molecule has 2 aromatic rings. The minimum atomic E-state index is -0.998. The molecule has 2 aromatic carbocycles. The van der Waals surface area contributed by atoms with Crippen LogP contribution in [-0.2, 0) is 27.2 Å². The van der Waals surface area contributed by atoms with Gasteiger partial charge in [-0.25, -0.2) is 4.79 Å². The van der Waals surface area contributed by atoms with Crippen molar-refractivity contribution in [3.63, 3.8) is 0 Å². The largest absolute Gasteiger partial charge is 0.508 e. The Balaban J connectivity index is 2.48. The van der Waals surface area contributed by atoms with Gasteiger partial charge in [-0.15, -0.1) is 0 Å². The second kappa shape index (κ2) is 14.6. The molecular formula is C31H45N3O5. The summed E-state index contributed by atoms with van der Waals surface area (Å²) in [6.45, 7) is 13.4. The van der Waals surface area contributed by atoms with Crippen molar-refractivity contribution in [2.45, 2.75) is 97.9 Å². The number of nitrogens with one attached hydrogen (secondary N) is 2. The molecule has 0 aromatic heterocycles. The highest BCUT2D eigenvalue weighted by Gasteiger charge is 2.36. The number of benzene rings is 2. The summed E-state index contributed by atoms with van der Waals surface area (Å²) < 4.78 is 5.45. The monoisotopic (exact) mass is 539 g/mol. The molecule has 0 radical (unpaired) electrons. The second-order valence-corrected chi connectivity index (χ2v) is 10.9. The molecule has 0 spiro atoms. The van der Waals surface area contributed by atoms with Gasteiger partial charge in [-0.1, -0.05) is 56.7 Å². The van der Waals surface area contributed by atoms with Crippen LogP contribution < -0.4 is 10.6 Å². The predicted octanol–water partition coefficient (Wildman–Crippen LogP) is 5.29. The molecule has 0 aliphatic carbocycles. The third kappa shape index (κ3) is 9.93. The molecule has 0 saturated heterocycles. The molecule has 3 amide bonds. The Labute approximate surface area is 233 Å². The Morgan fingerprint density at radius 2 is 1.51 bits per heavy atom. The smallest absolute Gasteiger partial charge is 0.408 e. The van der Waals surface area contributed by atoms with Gasteiger partial charge >= 0.3 is 6.09 Å². The number of alkyl carbamates (subject to hydrolysis) is 1. The molecule has 2 rings (SSSR count). The number of likely N-dealkylation sites (N-methyl/N-ethyl adjacent to an activating group) is 1. The van der Waals surface area contributed by atoms with Gasteiger partial charge in [-0.3, -0.25) is 9.59 Å². The summed E-state index contributed by atoms with van der Waals surface area (Å²) in [6, 6.07) is 12.2. The van der Waals surface area contributed by atoms with Crippen molar-refractivity contribution in [1.29, 1.82) is 0 Å². The standard InChI is InChI=1S/C31H45N3O5/c1-8-11-21(4)32-28(36)27(24-16-12-22(9-2)13-17-24)34(10-3)29(37)26(33-30(38)39-31(5,6)7)20-23-14-18-25(35)19-15-23/h12-19,21,26-27,35H,8-11,20H2,1-7H3,(H,32,36)(H,33,38). The summed E-state index contributed by atoms with van der Waals surface area (Å²) in [5, 5.41) is 15.5.